The quantitative estimate of drug-likeness (QED) is 0.593. The second-order valence-electron chi connectivity index (χ2n) is 7.79. The lowest BCUT2D eigenvalue weighted by atomic mass is 10.0. The van der Waals surface area contributed by atoms with Crippen molar-refractivity contribution in [3.8, 4) is 0 Å². The van der Waals surface area contributed by atoms with Crippen molar-refractivity contribution >= 4 is 26.6 Å². The van der Waals surface area contributed by atoms with Crippen molar-refractivity contribution < 1.29 is 23.1 Å². The van der Waals surface area contributed by atoms with Crippen LogP contribution in [-0.2, 0) is 25.8 Å². The molecule has 6 heteroatoms. The fourth-order valence-electron chi connectivity index (χ4n) is 4.25. The van der Waals surface area contributed by atoms with Crippen LogP contribution in [0.3, 0.4) is 0 Å². The molecule has 0 fully saturated rings. The highest BCUT2D eigenvalue weighted by atomic mass is 32.2. The monoisotopic (exact) mass is 424 g/mol. The van der Waals surface area contributed by atoms with E-state index in [2.05, 4.69) is 0 Å². The number of hydrogen-bond acceptors (Lipinski definition) is 4. The summed E-state index contributed by atoms with van der Waals surface area (Å²) < 4.78 is 32.8. The number of carbonyl (C=O) groups is 1. The van der Waals surface area contributed by atoms with E-state index in [1.54, 1.807) is 12.1 Å². The highest BCUT2D eigenvalue weighted by Crippen LogP contribution is 2.40. The van der Waals surface area contributed by atoms with Crippen molar-refractivity contribution in [1.29, 1.82) is 0 Å². The van der Waals surface area contributed by atoms with E-state index in [9.17, 15) is 13.2 Å². The predicted molar refractivity (Wildman–Crippen MR) is 115 cm³/mol. The summed E-state index contributed by atoms with van der Waals surface area (Å²) >= 11 is 0. The number of aliphatic carboxylic acids is 1. The SMILES string of the molecule is O=C(O)COCC1CCc2ccccc2C(S(=O)(=O)c2ccc3ccccc3c2)C1. The number of rotatable bonds is 6. The molecule has 0 saturated carbocycles. The average Bonchev–Trinajstić information content (AvgIpc) is 2.93. The molecule has 3 aromatic rings. The largest absolute Gasteiger partial charge is 0.480 e. The van der Waals surface area contributed by atoms with Crippen molar-refractivity contribution in [3.05, 3.63) is 77.9 Å². The fourth-order valence-corrected chi connectivity index (χ4v) is 6.22. The normalized spacial score (nSPS) is 19.2. The second kappa shape index (κ2) is 8.58. The Balaban J connectivity index is 1.70. The minimum atomic E-state index is -3.64. The molecule has 0 aromatic heterocycles. The summed E-state index contributed by atoms with van der Waals surface area (Å²) in [5, 5.41) is 10.0. The molecule has 0 aliphatic heterocycles. The number of aryl methyl sites for hydroxylation is 1. The summed E-state index contributed by atoms with van der Waals surface area (Å²) in [6.07, 6.45) is 1.92. The Kier molecular flexibility index (Phi) is 5.88. The minimum absolute atomic E-state index is 0.0306. The topological polar surface area (TPSA) is 80.7 Å². The van der Waals surface area contributed by atoms with E-state index in [4.69, 9.17) is 9.84 Å². The zero-order valence-corrected chi connectivity index (χ0v) is 17.3. The van der Waals surface area contributed by atoms with Gasteiger partial charge in [-0.3, -0.25) is 0 Å². The number of carboxylic acid groups (broad SMARTS) is 1. The number of benzene rings is 3. The molecule has 0 radical (unpaired) electrons. The van der Waals surface area contributed by atoms with Crippen molar-refractivity contribution in [3.63, 3.8) is 0 Å². The van der Waals surface area contributed by atoms with Gasteiger partial charge in [-0.25, -0.2) is 13.2 Å². The highest BCUT2D eigenvalue weighted by molar-refractivity contribution is 7.91. The molecule has 2 unspecified atom stereocenters. The van der Waals surface area contributed by atoms with Crippen molar-refractivity contribution in [2.45, 2.75) is 29.4 Å². The van der Waals surface area contributed by atoms with Crippen LogP contribution in [0, 0.1) is 5.92 Å². The number of carboxylic acids is 1. The third-order valence-electron chi connectivity index (χ3n) is 5.77. The van der Waals surface area contributed by atoms with Gasteiger partial charge in [-0.1, -0.05) is 54.6 Å². The van der Waals surface area contributed by atoms with Gasteiger partial charge < -0.3 is 9.84 Å². The molecule has 3 aromatic carbocycles. The van der Waals surface area contributed by atoms with Crippen molar-refractivity contribution in [2.24, 2.45) is 5.92 Å². The zero-order chi connectivity index (χ0) is 21.1. The highest BCUT2D eigenvalue weighted by Gasteiger charge is 2.35. The molecule has 1 aliphatic rings. The van der Waals surface area contributed by atoms with E-state index in [1.165, 1.54) is 0 Å². The third-order valence-corrected chi connectivity index (χ3v) is 7.88. The Hall–Kier alpha value is -2.70. The first-order valence-electron chi connectivity index (χ1n) is 10.0. The molecular formula is C24H24O5S. The molecule has 1 aliphatic carbocycles. The van der Waals surface area contributed by atoms with Crippen LogP contribution < -0.4 is 0 Å². The first-order chi connectivity index (χ1) is 14.4. The van der Waals surface area contributed by atoms with Gasteiger partial charge in [0, 0.05) is 0 Å². The lowest BCUT2D eigenvalue weighted by Gasteiger charge is -2.22. The van der Waals surface area contributed by atoms with Crippen LogP contribution in [-0.4, -0.2) is 32.7 Å². The van der Waals surface area contributed by atoms with Crippen LogP contribution >= 0.6 is 0 Å². The lowest BCUT2D eigenvalue weighted by Crippen LogP contribution is -2.20. The van der Waals surface area contributed by atoms with Crippen LogP contribution in [0.15, 0.2) is 71.6 Å². The van der Waals surface area contributed by atoms with Gasteiger partial charge in [-0.05, 0) is 59.2 Å². The zero-order valence-electron chi connectivity index (χ0n) is 16.5. The third kappa shape index (κ3) is 4.25. The van der Waals surface area contributed by atoms with Gasteiger partial charge in [0.1, 0.15) is 6.61 Å². The van der Waals surface area contributed by atoms with E-state index in [0.717, 1.165) is 34.7 Å². The summed E-state index contributed by atoms with van der Waals surface area (Å²) in [5.41, 5.74) is 1.87. The standard InChI is InChI=1S/C24H24O5S/c25-24(26)16-29-15-17-9-10-19-6-3-4-8-22(19)23(13-17)30(27,28)21-12-11-18-5-1-2-7-20(18)14-21/h1-8,11-12,14,17,23H,9-10,13,15-16H2,(H,25,26). The molecule has 0 saturated heterocycles. The van der Waals surface area contributed by atoms with Crippen LogP contribution in [0.4, 0.5) is 0 Å². The van der Waals surface area contributed by atoms with Crippen molar-refractivity contribution in [2.75, 3.05) is 13.2 Å². The predicted octanol–water partition coefficient (Wildman–Crippen LogP) is 4.41. The van der Waals surface area contributed by atoms with Gasteiger partial charge in [0.2, 0.25) is 0 Å². The molecule has 5 nitrogen and oxygen atoms in total. The lowest BCUT2D eigenvalue weighted by molar-refractivity contribution is -0.142. The molecule has 156 valence electrons. The molecular weight excluding hydrogens is 400 g/mol. The summed E-state index contributed by atoms with van der Waals surface area (Å²) in [5.74, 6) is -1.05. The Bertz CT molecular complexity index is 1170. The van der Waals surface area contributed by atoms with Crippen LogP contribution in [0.2, 0.25) is 0 Å². The molecule has 4 rings (SSSR count). The van der Waals surface area contributed by atoms with E-state index >= 15 is 0 Å². The smallest absolute Gasteiger partial charge is 0.329 e. The number of ether oxygens (including phenoxy) is 1. The van der Waals surface area contributed by atoms with Crippen molar-refractivity contribution in [1.82, 2.24) is 0 Å². The number of hydrogen-bond donors (Lipinski definition) is 1. The molecule has 1 N–H and O–H groups in total. The number of sulfone groups is 1. The van der Waals surface area contributed by atoms with Gasteiger partial charge in [-0.2, -0.15) is 0 Å². The van der Waals surface area contributed by atoms with E-state index in [1.807, 2.05) is 54.6 Å². The first kappa shape index (κ1) is 20.6. The Morgan fingerprint density at radius 2 is 1.73 bits per heavy atom. The van der Waals surface area contributed by atoms with Gasteiger partial charge in [0.05, 0.1) is 16.8 Å². The van der Waals surface area contributed by atoms with Crippen LogP contribution in [0.25, 0.3) is 10.8 Å². The van der Waals surface area contributed by atoms with Crippen LogP contribution in [0.1, 0.15) is 29.2 Å². The molecule has 0 spiro atoms. The van der Waals surface area contributed by atoms with Gasteiger partial charge in [-0.15, -0.1) is 0 Å². The summed E-state index contributed by atoms with van der Waals surface area (Å²) in [7, 11) is -3.64. The molecule has 0 bridgehead atoms. The molecule has 0 amide bonds. The van der Waals surface area contributed by atoms with E-state index in [-0.39, 0.29) is 19.1 Å². The van der Waals surface area contributed by atoms with E-state index in [0.29, 0.717) is 11.3 Å². The first-order valence-corrected chi connectivity index (χ1v) is 11.6. The summed E-state index contributed by atoms with van der Waals surface area (Å²) in [4.78, 5) is 11.1. The number of fused-ring (bicyclic) bond motifs is 2. The Morgan fingerprint density at radius 3 is 2.53 bits per heavy atom. The van der Waals surface area contributed by atoms with Gasteiger partial charge in [0.15, 0.2) is 9.84 Å². The fraction of sp³-hybridized carbons (Fsp3) is 0.292. The second-order valence-corrected chi connectivity index (χ2v) is 9.92. The minimum Gasteiger partial charge on any atom is -0.480 e. The summed E-state index contributed by atoms with van der Waals surface area (Å²) in [6, 6.07) is 20.7. The van der Waals surface area contributed by atoms with Gasteiger partial charge >= 0.3 is 5.97 Å². The summed E-state index contributed by atoms with van der Waals surface area (Å²) in [6.45, 7) is -0.129. The van der Waals surface area contributed by atoms with Crippen LogP contribution in [0.5, 0.6) is 0 Å². The Labute approximate surface area is 176 Å². The van der Waals surface area contributed by atoms with E-state index < -0.39 is 21.1 Å². The maximum Gasteiger partial charge on any atom is 0.329 e. The molecule has 30 heavy (non-hydrogen) atoms. The molecule has 2 atom stereocenters. The average molecular weight is 425 g/mol. The van der Waals surface area contributed by atoms with Gasteiger partial charge in [0.25, 0.3) is 0 Å². The molecule has 0 heterocycles. The Morgan fingerprint density at radius 1 is 1.00 bits per heavy atom. The maximum atomic E-state index is 13.7. The maximum absolute atomic E-state index is 13.7.